The molecule has 0 radical (unpaired) electrons. The van der Waals surface area contributed by atoms with E-state index >= 15 is 0 Å². The number of hydrogen-bond donors (Lipinski definition) is 1. The fourth-order valence-corrected chi connectivity index (χ4v) is 4.03. The van der Waals surface area contributed by atoms with Crippen molar-refractivity contribution < 1.29 is 9.53 Å². The van der Waals surface area contributed by atoms with Crippen molar-refractivity contribution >= 4 is 17.5 Å². The third kappa shape index (κ3) is 6.96. The van der Waals surface area contributed by atoms with Crippen LogP contribution in [0.2, 0.25) is 5.02 Å². The van der Waals surface area contributed by atoms with Crippen LogP contribution in [-0.4, -0.2) is 62.1 Å². The molecule has 0 unspecified atom stereocenters. The number of amides is 1. The molecule has 0 atom stereocenters. The molecular weight excluding hydrogens is 410 g/mol. The molecule has 1 N–H and O–H groups in total. The van der Waals surface area contributed by atoms with E-state index in [2.05, 4.69) is 42.3 Å². The van der Waals surface area contributed by atoms with E-state index in [-0.39, 0.29) is 12.0 Å². The molecule has 3 rings (SSSR count). The standard InChI is InChI=1S/C25H34ClN3O2/c1-18-5-6-19(2)21(15-18)17-29-12-9-22(10-13-29)31-24-8-7-20(16-23(24)26)25(30)27-11-14-28(3)4/h5-8,15-16,22H,9-14,17H2,1-4H3,(H,27,30). The van der Waals surface area contributed by atoms with E-state index < -0.39 is 0 Å². The number of ether oxygens (including phenoxy) is 1. The molecule has 6 heteroatoms. The van der Waals surface area contributed by atoms with E-state index in [4.69, 9.17) is 16.3 Å². The van der Waals surface area contributed by atoms with E-state index in [1.54, 1.807) is 12.1 Å². The smallest absolute Gasteiger partial charge is 0.251 e. The molecule has 168 valence electrons. The first-order valence-electron chi connectivity index (χ1n) is 11.0. The van der Waals surface area contributed by atoms with Gasteiger partial charge in [-0.1, -0.05) is 35.4 Å². The Kier molecular flexibility index (Phi) is 8.35. The maximum absolute atomic E-state index is 12.3. The van der Waals surface area contributed by atoms with Crippen LogP contribution in [0.3, 0.4) is 0 Å². The molecule has 1 amide bonds. The number of likely N-dealkylation sites (tertiary alicyclic amines) is 1. The second-order valence-electron chi connectivity index (χ2n) is 8.73. The Labute approximate surface area is 191 Å². The Morgan fingerprint density at radius 3 is 2.58 bits per heavy atom. The summed E-state index contributed by atoms with van der Waals surface area (Å²) in [5, 5.41) is 3.39. The largest absolute Gasteiger partial charge is 0.489 e. The molecule has 1 fully saturated rings. The monoisotopic (exact) mass is 443 g/mol. The average Bonchev–Trinajstić information content (AvgIpc) is 2.73. The van der Waals surface area contributed by atoms with E-state index in [1.807, 2.05) is 25.1 Å². The second kappa shape index (κ2) is 11.0. The minimum absolute atomic E-state index is 0.116. The van der Waals surface area contributed by atoms with Crippen molar-refractivity contribution in [3.8, 4) is 5.75 Å². The van der Waals surface area contributed by atoms with Gasteiger partial charge >= 0.3 is 0 Å². The Morgan fingerprint density at radius 2 is 1.90 bits per heavy atom. The third-order valence-corrected chi connectivity index (χ3v) is 6.06. The van der Waals surface area contributed by atoms with Crippen LogP contribution < -0.4 is 10.1 Å². The summed E-state index contributed by atoms with van der Waals surface area (Å²) < 4.78 is 6.18. The molecule has 1 aliphatic rings. The topological polar surface area (TPSA) is 44.8 Å². The van der Waals surface area contributed by atoms with Crippen molar-refractivity contribution in [2.45, 2.75) is 39.3 Å². The Balaban J connectivity index is 1.50. The summed E-state index contributed by atoms with van der Waals surface area (Å²) in [5.74, 6) is 0.537. The first-order chi connectivity index (χ1) is 14.8. The molecule has 0 saturated carbocycles. The predicted octanol–water partition coefficient (Wildman–Crippen LogP) is 4.29. The summed E-state index contributed by atoms with van der Waals surface area (Å²) in [5.41, 5.74) is 4.62. The number of rotatable bonds is 8. The van der Waals surface area contributed by atoms with Crippen LogP contribution in [0.1, 0.15) is 39.9 Å². The van der Waals surface area contributed by atoms with Crippen molar-refractivity contribution in [2.24, 2.45) is 0 Å². The number of hydrogen-bond acceptors (Lipinski definition) is 4. The van der Waals surface area contributed by atoms with Gasteiger partial charge in [-0.2, -0.15) is 0 Å². The van der Waals surface area contributed by atoms with Crippen LogP contribution in [0.4, 0.5) is 0 Å². The Hall–Kier alpha value is -2.08. The predicted molar refractivity (Wildman–Crippen MR) is 127 cm³/mol. The van der Waals surface area contributed by atoms with E-state index in [1.165, 1.54) is 16.7 Å². The molecule has 0 aliphatic carbocycles. The number of carbonyl (C=O) groups is 1. The lowest BCUT2D eigenvalue weighted by Gasteiger charge is -2.32. The zero-order valence-electron chi connectivity index (χ0n) is 19.1. The van der Waals surface area contributed by atoms with Gasteiger partial charge in [-0.05, 0) is 70.1 Å². The van der Waals surface area contributed by atoms with Crippen LogP contribution in [-0.2, 0) is 6.54 Å². The summed E-state index contributed by atoms with van der Waals surface area (Å²) in [4.78, 5) is 16.8. The average molecular weight is 444 g/mol. The van der Waals surface area contributed by atoms with Crippen LogP contribution in [0.15, 0.2) is 36.4 Å². The van der Waals surface area contributed by atoms with Crippen LogP contribution in [0.5, 0.6) is 5.75 Å². The highest BCUT2D eigenvalue weighted by Gasteiger charge is 2.22. The Bertz CT molecular complexity index is 892. The number of aryl methyl sites for hydroxylation is 2. The lowest BCUT2D eigenvalue weighted by molar-refractivity contribution is 0.0948. The fourth-order valence-electron chi connectivity index (χ4n) is 3.81. The van der Waals surface area contributed by atoms with Gasteiger partial charge in [0.15, 0.2) is 0 Å². The second-order valence-corrected chi connectivity index (χ2v) is 9.13. The lowest BCUT2D eigenvalue weighted by Crippen LogP contribution is -2.38. The van der Waals surface area contributed by atoms with Crippen molar-refractivity contribution in [1.82, 2.24) is 15.1 Å². The first kappa shape index (κ1) is 23.6. The first-order valence-corrected chi connectivity index (χ1v) is 11.4. The summed E-state index contributed by atoms with van der Waals surface area (Å²) >= 11 is 6.42. The molecule has 0 spiro atoms. The minimum atomic E-state index is -0.116. The van der Waals surface area contributed by atoms with Gasteiger partial charge in [-0.3, -0.25) is 9.69 Å². The molecule has 5 nitrogen and oxygen atoms in total. The fraction of sp³-hybridized carbons (Fsp3) is 0.480. The highest BCUT2D eigenvalue weighted by atomic mass is 35.5. The van der Waals surface area contributed by atoms with Gasteiger partial charge in [-0.15, -0.1) is 0 Å². The highest BCUT2D eigenvalue weighted by molar-refractivity contribution is 6.32. The van der Waals surface area contributed by atoms with Crippen LogP contribution >= 0.6 is 11.6 Å². The number of nitrogens with zero attached hydrogens (tertiary/aromatic N) is 2. The summed E-state index contributed by atoms with van der Waals surface area (Å²) in [6, 6.07) is 11.9. The van der Waals surface area contributed by atoms with Gasteiger partial charge in [0.1, 0.15) is 11.9 Å². The Morgan fingerprint density at radius 1 is 1.16 bits per heavy atom. The number of nitrogens with one attached hydrogen (secondary N) is 1. The molecular formula is C25H34ClN3O2. The molecule has 2 aromatic rings. The van der Waals surface area contributed by atoms with Gasteiger partial charge in [-0.25, -0.2) is 0 Å². The van der Waals surface area contributed by atoms with Gasteiger partial charge < -0.3 is 15.0 Å². The van der Waals surface area contributed by atoms with Crippen molar-refractivity contribution in [2.75, 3.05) is 40.3 Å². The lowest BCUT2D eigenvalue weighted by atomic mass is 10.0. The summed E-state index contributed by atoms with van der Waals surface area (Å²) in [6.45, 7) is 8.71. The number of carbonyl (C=O) groups excluding carboxylic acids is 1. The zero-order chi connectivity index (χ0) is 22.4. The third-order valence-electron chi connectivity index (χ3n) is 5.77. The van der Waals surface area contributed by atoms with Gasteiger partial charge in [0.05, 0.1) is 5.02 Å². The molecule has 0 aromatic heterocycles. The summed E-state index contributed by atoms with van der Waals surface area (Å²) in [7, 11) is 3.95. The summed E-state index contributed by atoms with van der Waals surface area (Å²) in [6.07, 6.45) is 2.08. The quantitative estimate of drug-likeness (QED) is 0.661. The highest BCUT2D eigenvalue weighted by Crippen LogP contribution is 2.29. The normalized spacial score (nSPS) is 15.3. The van der Waals surface area contributed by atoms with E-state index in [0.717, 1.165) is 39.0 Å². The molecule has 0 bridgehead atoms. The number of piperidine rings is 1. The number of likely N-dealkylation sites (N-methyl/N-ethyl adjacent to an activating group) is 1. The van der Waals surface area contributed by atoms with Crippen molar-refractivity contribution in [3.05, 3.63) is 63.7 Å². The van der Waals surface area contributed by atoms with Gasteiger partial charge in [0, 0.05) is 38.3 Å². The number of benzene rings is 2. The van der Waals surface area contributed by atoms with Gasteiger partial charge in [0.2, 0.25) is 0 Å². The molecule has 1 aliphatic heterocycles. The number of halogens is 1. The van der Waals surface area contributed by atoms with Gasteiger partial charge in [0.25, 0.3) is 5.91 Å². The van der Waals surface area contributed by atoms with Crippen LogP contribution in [0, 0.1) is 13.8 Å². The minimum Gasteiger partial charge on any atom is -0.489 e. The SMILES string of the molecule is Cc1ccc(C)c(CN2CCC(Oc3ccc(C(=O)NCCN(C)C)cc3Cl)CC2)c1. The molecule has 1 saturated heterocycles. The molecule has 1 heterocycles. The molecule has 2 aromatic carbocycles. The molecule has 31 heavy (non-hydrogen) atoms. The maximum atomic E-state index is 12.3. The van der Waals surface area contributed by atoms with Crippen molar-refractivity contribution in [3.63, 3.8) is 0 Å². The van der Waals surface area contributed by atoms with E-state index in [0.29, 0.717) is 22.9 Å². The zero-order valence-corrected chi connectivity index (χ0v) is 19.8. The van der Waals surface area contributed by atoms with Crippen LogP contribution in [0.25, 0.3) is 0 Å². The maximum Gasteiger partial charge on any atom is 0.251 e. The van der Waals surface area contributed by atoms with E-state index in [9.17, 15) is 4.79 Å². The van der Waals surface area contributed by atoms with Crippen molar-refractivity contribution in [1.29, 1.82) is 0 Å².